The van der Waals surface area contributed by atoms with E-state index in [1.807, 2.05) is 38.1 Å². The normalized spacial score (nSPS) is 11.2. The number of aromatic nitrogens is 3. The van der Waals surface area contributed by atoms with Crippen LogP contribution in [0, 0.1) is 25.2 Å². The zero-order chi connectivity index (χ0) is 23.8. The molecular formula is C23H21N5O4S. The zero-order valence-electron chi connectivity index (χ0n) is 18.4. The van der Waals surface area contributed by atoms with Crippen LogP contribution in [-0.4, -0.2) is 37.4 Å². The fourth-order valence-corrected chi connectivity index (χ4v) is 4.60. The number of anilines is 1. The Morgan fingerprint density at radius 3 is 2.48 bits per heavy atom. The van der Waals surface area contributed by atoms with Gasteiger partial charge in [0.05, 0.1) is 30.8 Å². The van der Waals surface area contributed by atoms with Crippen molar-refractivity contribution in [2.75, 3.05) is 18.9 Å². The monoisotopic (exact) mass is 463 g/mol. The summed E-state index contributed by atoms with van der Waals surface area (Å²) in [5.74, 6) is 1.04. The molecule has 0 aliphatic heterocycles. The highest BCUT2D eigenvalue weighted by molar-refractivity contribution is 7.92. The lowest BCUT2D eigenvalue weighted by Crippen LogP contribution is -2.17. The predicted octanol–water partition coefficient (Wildman–Crippen LogP) is 3.73. The van der Waals surface area contributed by atoms with Gasteiger partial charge in [-0.15, -0.1) is 0 Å². The Morgan fingerprint density at radius 1 is 1.03 bits per heavy atom. The number of hydrogen-bond acceptors (Lipinski definition) is 7. The molecule has 0 unspecified atom stereocenters. The quantitative estimate of drug-likeness (QED) is 0.463. The molecule has 0 aliphatic carbocycles. The average molecular weight is 464 g/mol. The summed E-state index contributed by atoms with van der Waals surface area (Å²) in [5, 5.41) is 14.8. The van der Waals surface area contributed by atoms with Crippen molar-refractivity contribution in [1.82, 2.24) is 14.8 Å². The molecule has 0 saturated heterocycles. The number of aryl methyl sites for hydroxylation is 2. The minimum Gasteiger partial charge on any atom is -0.493 e. The van der Waals surface area contributed by atoms with Crippen LogP contribution < -0.4 is 14.2 Å². The topological polar surface area (TPSA) is 119 Å². The van der Waals surface area contributed by atoms with E-state index in [-0.39, 0.29) is 22.0 Å². The fraction of sp³-hybridized carbons (Fsp3) is 0.174. The minimum atomic E-state index is -4.09. The number of nitrogens with zero attached hydrogens (tertiary/aromatic N) is 4. The molecule has 4 rings (SSSR count). The summed E-state index contributed by atoms with van der Waals surface area (Å²) in [4.78, 5) is 4.63. The molecule has 0 atom stereocenters. The summed E-state index contributed by atoms with van der Waals surface area (Å²) < 4.78 is 40.5. The van der Waals surface area contributed by atoms with Crippen LogP contribution in [0.15, 0.2) is 53.6 Å². The van der Waals surface area contributed by atoms with Crippen molar-refractivity contribution in [2.45, 2.75) is 18.7 Å². The number of fused-ring (bicyclic) bond motifs is 1. The number of ether oxygens (including phenoxy) is 2. The molecule has 0 spiro atoms. The third-order valence-electron chi connectivity index (χ3n) is 5.24. The first kappa shape index (κ1) is 22.1. The first-order valence-electron chi connectivity index (χ1n) is 9.89. The third kappa shape index (κ3) is 3.94. The highest BCUT2D eigenvalue weighted by Gasteiger charge is 2.23. The lowest BCUT2D eigenvalue weighted by molar-refractivity contribution is 0.354. The van der Waals surface area contributed by atoms with E-state index in [0.29, 0.717) is 11.6 Å². The molecule has 0 saturated carbocycles. The van der Waals surface area contributed by atoms with Crippen LogP contribution in [0.4, 0.5) is 5.82 Å². The summed E-state index contributed by atoms with van der Waals surface area (Å²) in [5.41, 5.74) is 2.75. The van der Waals surface area contributed by atoms with E-state index in [0.717, 1.165) is 22.0 Å². The molecule has 2 aromatic carbocycles. The molecular weight excluding hydrogens is 442 g/mol. The predicted molar refractivity (Wildman–Crippen MR) is 123 cm³/mol. The second kappa shape index (κ2) is 8.44. The smallest absolute Gasteiger partial charge is 0.263 e. The van der Waals surface area contributed by atoms with Crippen molar-refractivity contribution in [1.29, 1.82) is 5.26 Å². The van der Waals surface area contributed by atoms with E-state index in [1.54, 1.807) is 6.07 Å². The van der Waals surface area contributed by atoms with Gasteiger partial charge in [0.2, 0.25) is 0 Å². The molecule has 0 radical (unpaired) electrons. The number of hydrogen-bond donors (Lipinski definition) is 1. The third-order valence-corrected chi connectivity index (χ3v) is 6.57. The minimum absolute atomic E-state index is 0.00730. The second-order valence-corrected chi connectivity index (χ2v) is 9.00. The molecule has 10 heteroatoms. The number of sulfonamides is 1. The van der Waals surface area contributed by atoms with Crippen molar-refractivity contribution in [2.24, 2.45) is 0 Å². The van der Waals surface area contributed by atoms with E-state index < -0.39 is 10.0 Å². The van der Waals surface area contributed by atoms with Gasteiger partial charge in [-0.2, -0.15) is 15.0 Å². The molecule has 9 nitrogen and oxygen atoms in total. The van der Waals surface area contributed by atoms with Crippen LogP contribution in [0.3, 0.4) is 0 Å². The summed E-state index contributed by atoms with van der Waals surface area (Å²) >= 11 is 0. The number of nitrogens with one attached hydrogen (secondary N) is 1. The van der Waals surface area contributed by atoms with Crippen molar-refractivity contribution in [3.8, 4) is 23.4 Å². The van der Waals surface area contributed by atoms with Gasteiger partial charge in [0.25, 0.3) is 10.0 Å². The van der Waals surface area contributed by atoms with Crippen molar-refractivity contribution < 1.29 is 17.9 Å². The Morgan fingerprint density at radius 2 is 1.79 bits per heavy atom. The van der Waals surface area contributed by atoms with Gasteiger partial charge in [-0.25, -0.2) is 13.4 Å². The van der Waals surface area contributed by atoms with Crippen LogP contribution in [-0.2, 0) is 10.0 Å². The van der Waals surface area contributed by atoms with Crippen molar-refractivity contribution in [3.05, 3.63) is 65.4 Å². The van der Waals surface area contributed by atoms with Gasteiger partial charge in [0, 0.05) is 11.5 Å². The molecule has 2 aromatic heterocycles. The first-order valence-corrected chi connectivity index (χ1v) is 11.4. The molecule has 33 heavy (non-hydrogen) atoms. The number of benzene rings is 2. The summed E-state index contributed by atoms with van der Waals surface area (Å²) in [7, 11) is -1.21. The number of methoxy groups -OCH3 is 2. The van der Waals surface area contributed by atoms with Crippen molar-refractivity contribution in [3.63, 3.8) is 0 Å². The maximum Gasteiger partial charge on any atom is 0.263 e. The molecule has 1 N–H and O–H groups in total. The van der Waals surface area contributed by atoms with E-state index in [1.165, 1.54) is 43.3 Å². The van der Waals surface area contributed by atoms with E-state index in [4.69, 9.17) is 9.47 Å². The first-order chi connectivity index (χ1) is 15.8. The number of rotatable bonds is 6. The summed E-state index contributed by atoms with van der Waals surface area (Å²) in [6, 6.07) is 13.9. The summed E-state index contributed by atoms with van der Waals surface area (Å²) in [6.45, 7) is 3.89. The Labute approximate surface area is 191 Å². The van der Waals surface area contributed by atoms with Crippen LogP contribution in [0.25, 0.3) is 16.7 Å². The Kier molecular flexibility index (Phi) is 5.66. The molecule has 0 amide bonds. The fourth-order valence-electron chi connectivity index (χ4n) is 3.52. The van der Waals surface area contributed by atoms with Crippen LogP contribution in [0.1, 0.15) is 16.7 Å². The van der Waals surface area contributed by atoms with Crippen LogP contribution in [0.5, 0.6) is 11.5 Å². The number of pyridine rings is 1. The summed E-state index contributed by atoms with van der Waals surface area (Å²) in [6.07, 6.45) is 1.30. The van der Waals surface area contributed by atoms with Gasteiger partial charge in [-0.05, 0) is 43.2 Å². The largest absolute Gasteiger partial charge is 0.493 e. The lowest BCUT2D eigenvalue weighted by atomic mass is 10.1. The van der Waals surface area contributed by atoms with E-state index in [2.05, 4.69) is 14.8 Å². The van der Waals surface area contributed by atoms with Crippen LogP contribution in [0.2, 0.25) is 0 Å². The van der Waals surface area contributed by atoms with Gasteiger partial charge < -0.3 is 9.47 Å². The maximum atomic E-state index is 13.2. The lowest BCUT2D eigenvalue weighted by Gasteiger charge is -2.14. The molecule has 168 valence electrons. The molecule has 2 heterocycles. The van der Waals surface area contributed by atoms with Crippen molar-refractivity contribution >= 4 is 26.7 Å². The molecule has 0 fully saturated rings. The molecule has 4 aromatic rings. The highest BCUT2D eigenvalue weighted by atomic mass is 32.2. The standard InChI is InChI=1S/C23H21N5O4S/c1-14-6-5-7-18-15(2)10-21(26-22(14)18)28-23(16(12-24)13-25-28)27-33(29,30)17-8-9-19(31-3)20(11-17)32-4/h5-11,13,27H,1-4H3. The number of para-hydroxylation sites is 1. The molecule has 0 bridgehead atoms. The molecule has 0 aliphatic rings. The second-order valence-electron chi connectivity index (χ2n) is 7.32. The average Bonchev–Trinajstić information content (AvgIpc) is 3.20. The van der Waals surface area contributed by atoms with Gasteiger partial charge in [-0.3, -0.25) is 4.72 Å². The number of nitriles is 1. The highest BCUT2D eigenvalue weighted by Crippen LogP contribution is 2.31. The Balaban J connectivity index is 1.83. The van der Waals surface area contributed by atoms with Gasteiger partial charge in [0.15, 0.2) is 23.1 Å². The van der Waals surface area contributed by atoms with Crippen LogP contribution >= 0.6 is 0 Å². The van der Waals surface area contributed by atoms with Gasteiger partial charge >= 0.3 is 0 Å². The zero-order valence-corrected chi connectivity index (χ0v) is 19.3. The van der Waals surface area contributed by atoms with E-state index >= 15 is 0 Å². The Hall–Kier alpha value is -4.10. The SMILES string of the molecule is COc1ccc(S(=O)(=O)Nc2c(C#N)cnn2-c2cc(C)c3cccc(C)c3n2)cc1OC. The Bertz CT molecular complexity index is 1520. The van der Waals surface area contributed by atoms with Gasteiger partial charge in [-0.1, -0.05) is 18.2 Å². The van der Waals surface area contributed by atoms with Gasteiger partial charge in [0.1, 0.15) is 11.6 Å². The maximum absolute atomic E-state index is 13.2. The van der Waals surface area contributed by atoms with E-state index in [9.17, 15) is 13.7 Å².